The summed E-state index contributed by atoms with van der Waals surface area (Å²) in [6.45, 7) is 0. The van der Waals surface area contributed by atoms with Gasteiger partial charge in [0.1, 0.15) is 6.29 Å². The van der Waals surface area contributed by atoms with E-state index in [0.29, 0.717) is 16.9 Å². The standard InChI is InChI=1S/C10H8Cl2O/c11-6-9(7-13)10(12)8-4-2-1-3-5-8/h1-5,7H,6H2. The molecule has 1 nitrogen and oxygen atoms in total. The number of hydrogen-bond acceptors (Lipinski definition) is 1. The number of hydrogen-bond donors (Lipinski definition) is 0. The van der Waals surface area contributed by atoms with Crippen molar-refractivity contribution in [3.63, 3.8) is 0 Å². The second kappa shape index (κ2) is 5.05. The van der Waals surface area contributed by atoms with Crippen LogP contribution < -0.4 is 0 Å². The van der Waals surface area contributed by atoms with Gasteiger partial charge in [0.05, 0.1) is 10.9 Å². The van der Waals surface area contributed by atoms with Gasteiger partial charge in [-0.3, -0.25) is 4.79 Å². The third-order valence-electron chi connectivity index (χ3n) is 1.60. The maximum absolute atomic E-state index is 10.5. The van der Waals surface area contributed by atoms with Crippen LogP contribution in [0.5, 0.6) is 0 Å². The molecule has 0 unspecified atom stereocenters. The first-order valence-corrected chi connectivity index (χ1v) is 4.66. The van der Waals surface area contributed by atoms with Crippen LogP contribution in [-0.4, -0.2) is 12.2 Å². The van der Waals surface area contributed by atoms with E-state index in [1.807, 2.05) is 30.3 Å². The lowest BCUT2D eigenvalue weighted by Crippen LogP contribution is -1.90. The van der Waals surface area contributed by atoms with E-state index in [9.17, 15) is 4.79 Å². The van der Waals surface area contributed by atoms with Crippen LogP contribution >= 0.6 is 23.2 Å². The van der Waals surface area contributed by atoms with Crippen molar-refractivity contribution in [3.8, 4) is 0 Å². The van der Waals surface area contributed by atoms with Crippen LogP contribution in [0.3, 0.4) is 0 Å². The van der Waals surface area contributed by atoms with Crippen molar-refractivity contribution in [2.45, 2.75) is 0 Å². The van der Waals surface area contributed by atoms with Crippen molar-refractivity contribution in [3.05, 3.63) is 41.5 Å². The summed E-state index contributed by atoms with van der Waals surface area (Å²) >= 11 is 11.5. The minimum absolute atomic E-state index is 0.136. The molecule has 0 fully saturated rings. The number of halogens is 2. The lowest BCUT2D eigenvalue weighted by molar-refractivity contribution is -0.104. The Morgan fingerprint density at radius 3 is 2.38 bits per heavy atom. The Morgan fingerprint density at radius 1 is 1.31 bits per heavy atom. The molecule has 13 heavy (non-hydrogen) atoms. The van der Waals surface area contributed by atoms with Gasteiger partial charge in [-0.25, -0.2) is 0 Å². The molecule has 0 aliphatic heterocycles. The molecular formula is C10H8Cl2O. The minimum atomic E-state index is 0.136. The van der Waals surface area contributed by atoms with Gasteiger partial charge >= 0.3 is 0 Å². The van der Waals surface area contributed by atoms with Gasteiger partial charge in [-0.05, 0) is 5.56 Å². The summed E-state index contributed by atoms with van der Waals surface area (Å²) in [5.74, 6) is 0.136. The van der Waals surface area contributed by atoms with Crippen LogP contribution in [0, 0.1) is 0 Å². The lowest BCUT2D eigenvalue weighted by Gasteiger charge is -2.00. The van der Waals surface area contributed by atoms with Crippen LogP contribution in [0.25, 0.3) is 5.03 Å². The van der Waals surface area contributed by atoms with Crippen molar-refractivity contribution in [2.24, 2.45) is 0 Å². The molecule has 0 heterocycles. The average molecular weight is 215 g/mol. The van der Waals surface area contributed by atoms with Gasteiger partial charge in [0.15, 0.2) is 0 Å². The predicted molar refractivity (Wildman–Crippen MR) is 56.0 cm³/mol. The third-order valence-corrected chi connectivity index (χ3v) is 2.34. The van der Waals surface area contributed by atoms with Gasteiger partial charge in [-0.2, -0.15) is 0 Å². The first-order valence-electron chi connectivity index (χ1n) is 3.74. The molecule has 68 valence electrons. The second-order valence-corrected chi connectivity index (χ2v) is 3.10. The zero-order valence-electron chi connectivity index (χ0n) is 6.84. The minimum Gasteiger partial charge on any atom is -0.298 e. The number of aldehydes is 1. The summed E-state index contributed by atoms with van der Waals surface area (Å²) in [6.07, 6.45) is 0.683. The molecule has 0 N–H and O–H groups in total. The fraction of sp³-hybridized carbons (Fsp3) is 0.100. The molecule has 1 aromatic carbocycles. The van der Waals surface area contributed by atoms with Gasteiger partial charge in [-0.1, -0.05) is 41.9 Å². The normalized spacial score (nSPS) is 12.2. The largest absolute Gasteiger partial charge is 0.298 e. The van der Waals surface area contributed by atoms with Crippen LogP contribution in [0.15, 0.2) is 35.9 Å². The lowest BCUT2D eigenvalue weighted by atomic mass is 10.1. The van der Waals surface area contributed by atoms with Gasteiger partial charge in [0, 0.05) is 5.57 Å². The molecule has 0 atom stereocenters. The molecule has 0 spiro atoms. The summed E-state index contributed by atoms with van der Waals surface area (Å²) < 4.78 is 0. The summed E-state index contributed by atoms with van der Waals surface area (Å²) in [5.41, 5.74) is 1.22. The van der Waals surface area contributed by atoms with Crippen molar-refractivity contribution in [1.29, 1.82) is 0 Å². The van der Waals surface area contributed by atoms with Crippen molar-refractivity contribution < 1.29 is 4.79 Å². The summed E-state index contributed by atoms with van der Waals surface area (Å²) in [7, 11) is 0. The van der Waals surface area contributed by atoms with E-state index in [-0.39, 0.29) is 5.88 Å². The Kier molecular flexibility index (Phi) is 4.00. The van der Waals surface area contributed by atoms with Crippen LogP contribution in [0.2, 0.25) is 0 Å². The molecule has 0 aromatic heterocycles. The third kappa shape index (κ3) is 2.58. The number of allylic oxidation sites excluding steroid dienone is 1. The fourth-order valence-corrected chi connectivity index (χ4v) is 1.41. The zero-order valence-corrected chi connectivity index (χ0v) is 8.35. The van der Waals surface area contributed by atoms with Crippen molar-refractivity contribution >= 4 is 34.5 Å². The first kappa shape index (κ1) is 10.3. The van der Waals surface area contributed by atoms with E-state index in [2.05, 4.69) is 0 Å². The molecule has 0 bridgehead atoms. The van der Waals surface area contributed by atoms with E-state index in [4.69, 9.17) is 23.2 Å². The van der Waals surface area contributed by atoms with Gasteiger partial charge < -0.3 is 0 Å². The first-order chi connectivity index (χ1) is 6.29. The summed E-state index contributed by atoms with van der Waals surface area (Å²) in [5, 5.41) is 0.422. The highest BCUT2D eigenvalue weighted by Gasteiger charge is 2.04. The van der Waals surface area contributed by atoms with Crippen LogP contribution in [-0.2, 0) is 4.79 Å². The number of benzene rings is 1. The highest BCUT2D eigenvalue weighted by atomic mass is 35.5. The smallest absolute Gasteiger partial charge is 0.148 e. The molecule has 1 aromatic rings. The van der Waals surface area contributed by atoms with Crippen molar-refractivity contribution in [1.82, 2.24) is 0 Å². The Morgan fingerprint density at radius 2 is 1.92 bits per heavy atom. The zero-order chi connectivity index (χ0) is 9.68. The number of rotatable bonds is 3. The highest BCUT2D eigenvalue weighted by molar-refractivity contribution is 6.51. The maximum Gasteiger partial charge on any atom is 0.148 e. The SMILES string of the molecule is O=CC(CCl)=C(Cl)c1ccccc1. The number of carbonyl (C=O) groups excluding carboxylic acids is 1. The molecule has 0 amide bonds. The molecule has 0 saturated carbocycles. The molecular weight excluding hydrogens is 207 g/mol. The maximum atomic E-state index is 10.5. The molecule has 1 rings (SSSR count). The molecule has 0 radical (unpaired) electrons. The number of carbonyl (C=O) groups is 1. The second-order valence-electron chi connectivity index (χ2n) is 2.46. The number of alkyl halides is 1. The van der Waals surface area contributed by atoms with Gasteiger partial charge in [-0.15, -0.1) is 11.6 Å². The van der Waals surface area contributed by atoms with Crippen LogP contribution in [0.1, 0.15) is 5.56 Å². The molecule has 3 heteroatoms. The van der Waals surface area contributed by atoms with E-state index in [1.165, 1.54) is 0 Å². The van der Waals surface area contributed by atoms with E-state index < -0.39 is 0 Å². The molecule has 0 aliphatic carbocycles. The fourth-order valence-electron chi connectivity index (χ4n) is 0.912. The average Bonchev–Trinajstić information content (AvgIpc) is 2.21. The van der Waals surface area contributed by atoms with Crippen molar-refractivity contribution in [2.75, 3.05) is 5.88 Å². The topological polar surface area (TPSA) is 17.1 Å². The summed E-state index contributed by atoms with van der Waals surface area (Å²) in [4.78, 5) is 10.5. The van der Waals surface area contributed by atoms with Gasteiger partial charge in [0.25, 0.3) is 0 Å². The Labute approximate surface area is 87.0 Å². The Hall–Kier alpha value is -0.790. The monoisotopic (exact) mass is 214 g/mol. The van der Waals surface area contributed by atoms with E-state index in [1.54, 1.807) is 0 Å². The Bertz CT molecular complexity index is 317. The molecule has 0 aliphatic rings. The quantitative estimate of drug-likeness (QED) is 0.430. The summed E-state index contributed by atoms with van der Waals surface area (Å²) in [6, 6.07) is 9.26. The van der Waals surface area contributed by atoms with Crippen LogP contribution in [0.4, 0.5) is 0 Å². The predicted octanol–water partition coefficient (Wildman–Crippen LogP) is 3.07. The highest BCUT2D eigenvalue weighted by Crippen LogP contribution is 2.22. The van der Waals surface area contributed by atoms with E-state index >= 15 is 0 Å². The van der Waals surface area contributed by atoms with E-state index in [0.717, 1.165) is 5.56 Å². The van der Waals surface area contributed by atoms with Gasteiger partial charge in [0.2, 0.25) is 0 Å². The molecule has 0 saturated heterocycles. The Balaban J connectivity index is 3.08.